The van der Waals surface area contributed by atoms with Gasteiger partial charge in [-0.05, 0) is 56.2 Å². The van der Waals surface area contributed by atoms with Crippen LogP contribution in [0.1, 0.15) is 58.7 Å². The molecule has 1 amide bonds. The summed E-state index contributed by atoms with van der Waals surface area (Å²) in [5.74, 6) is 0.0399. The van der Waals surface area contributed by atoms with E-state index in [9.17, 15) is 4.79 Å². The summed E-state index contributed by atoms with van der Waals surface area (Å²) in [6.07, 6.45) is 4.86. The minimum atomic E-state index is -0.221. The molecule has 2 aromatic rings. The summed E-state index contributed by atoms with van der Waals surface area (Å²) in [4.78, 5) is 12.1. The summed E-state index contributed by atoms with van der Waals surface area (Å²) in [5, 5.41) is 6.70. The quantitative estimate of drug-likeness (QED) is 0.940. The molecule has 110 valence electrons. The number of aromatic nitrogens is 1. The Hall–Kier alpha value is -2.10. The van der Waals surface area contributed by atoms with Crippen LogP contribution in [0.3, 0.4) is 0 Å². The van der Waals surface area contributed by atoms with Crippen molar-refractivity contribution in [2.45, 2.75) is 45.6 Å². The van der Waals surface area contributed by atoms with E-state index in [1.165, 1.54) is 30.4 Å². The molecular formula is C17H20N2O2. The highest BCUT2D eigenvalue weighted by molar-refractivity contribution is 5.91. The molecule has 0 fully saturated rings. The number of rotatable bonds is 3. The molecule has 0 saturated carbocycles. The Bertz CT molecular complexity index is 661. The molecule has 1 aromatic heterocycles. The molecule has 1 atom stereocenters. The van der Waals surface area contributed by atoms with Crippen LogP contribution in [0, 0.1) is 6.92 Å². The van der Waals surface area contributed by atoms with E-state index in [1.807, 2.05) is 6.92 Å². The fraction of sp³-hybridized carbons (Fsp3) is 0.412. The van der Waals surface area contributed by atoms with E-state index >= 15 is 0 Å². The maximum absolute atomic E-state index is 12.1. The Labute approximate surface area is 124 Å². The lowest BCUT2D eigenvalue weighted by Gasteiger charge is -2.19. The van der Waals surface area contributed by atoms with Gasteiger partial charge in [0.1, 0.15) is 0 Å². The Morgan fingerprint density at radius 3 is 2.71 bits per heavy atom. The summed E-state index contributed by atoms with van der Waals surface area (Å²) in [7, 11) is 0. The van der Waals surface area contributed by atoms with E-state index in [0.717, 1.165) is 12.0 Å². The van der Waals surface area contributed by atoms with Gasteiger partial charge < -0.3 is 9.84 Å². The molecule has 0 bridgehead atoms. The first-order valence-electron chi connectivity index (χ1n) is 7.49. The number of aryl methyl sites for hydroxylation is 3. The lowest BCUT2D eigenvalue weighted by molar-refractivity contribution is 0.0902. The summed E-state index contributed by atoms with van der Waals surface area (Å²) in [5.41, 5.74) is 4.73. The van der Waals surface area contributed by atoms with Crippen molar-refractivity contribution in [3.8, 4) is 0 Å². The van der Waals surface area contributed by atoms with Gasteiger partial charge in [-0.2, -0.15) is 0 Å². The number of fused-ring (bicyclic) bond motifs is 1. The average molecular weight is 284 g/mol. The lowest BCUT2D eigenvalue weighted by atomic mass is 9.89. The van der Waals surface area contributed by atoms with Crippen LogP contribution in [0.25, 0.3) is 0 Å². The second-order valence-corrected chi connectivity index (χ2v) is 5.76. The van der Waals surface area contributed by atoms with Crippen molar-refractivity contribution in [1.29, 1.82) is 0 Å². The van der Waals surface area contributed by atoms with Gasteiger partial charge in [0, 0.05) is 6.07 Å². The minimum absolute atomic E-state index is 0.0462. The molecule has 21 heavy (non-hydrogen) atoms. The van der Waals surface area contributed by atoms with Gasteiger partial charge in [0.2, 0.25) is 5.76 Å². The zero-order valence-electron chi connectivity index (χ0n) is 12.5. The van der Waals surface area contributed by atoms with Gasteiger partial charge in [0.15, 0.2) is 0 Å². The van der Waals surface area contributed by atoms with Gasteiger partial charge in [-0.15, -0.1) is 0 Å². The van der Waals surface area contributed by atoms with Gasteiger partial charge in [-0.1, -0.05) is 23.4 Å². The number of benzene rings is 1. The van der Waals surface area contributed by atoms with Crippen LogP contribution in [0.4, 0.5) is 0 Å². The van der Waals surface area contributed by atoms with E-state index in [-0.39, 0.29) is 17.7 Å². The van der Waals surface area contributed by atoms with Crippen molar-refractivity contribution in [3.63, 3.8) is 0 Å². The van der Waals surface area contributed by atoms with Crippen molar-refractivity contribution < 1.29 is 9.32 Å². The topological polar surface area (TPSA) is 55.1 Å². The lowest BCUT2D eigenvalue weighted by Crippen LogP contribution is -2.26. The summed E-state index contributed by atoms with van der Waals surface area (Å²) in [6.45, 7) is 3.79. The van der Waals surface area contributed by atoms with E-state index in [4.69, 9.17) is 4.52 Å². The molecule has 1 N–H and O–H groups in total. The number of nitrogens with one attached hydrogen (secondary N) is 1. The van der Waals surface area contributed by atoms with Gasteiger partial charge in [0.25, 0.3) is 5.91 Å². The highest BCUT2D eigenvalue weighted by atomic mass is 16.5. The van der Waals surface area contributed by atoms with Crippen LogP contribution in [-0.2, 0) is 12.8 Å². The molecule has 0 aliphatic heterocycles. The summed E-state index contributed by atoms with van der Waals surface area (Å²) >= 11 is 0. The van der Waals surface area contributed by atoms with Crippen LogP contribution < -0.4 is 5.32 Å². The zero-order chi connectivity index (χ0) is 14.8. The van der Waals surface area contributed by atoms with Crippen molar-refractivity contribution >= 4 is 5.91 Å². The van der Waals surface area contributed by atoms with E-state index in [1.54, 1.807) is 13.0 Å². The Balaban J connectivity index is 1.73. The fourth-order valence-electron chi connectivity index (χ4n) is 2.84. The first-order chi connectivity index (χ1) is 10.1. The van der Waals surface area contributed by atoms with Gasteiger partial charge in [-0.3, -0.25) is 4.79 Å². The zero-order valence-corrected chi connectivity index (χ0v) is 12.5. The standard InChI is InChI=1S/C17H20N2O2/c1-11-9-16(21-19-11)17(20)18-12(2)14-8-7-13-5-3-4-6-15(13)10-14/h7-10,12H,3-6H2,1-2H3,(H,18,20). The number of carbonyl (C=O) groups is 1. The van der Waals surface area contributed by atoms with Gasteiger partial charge in [0.05, 0.1) is 11.7 Å². The number of amides is 1. The molecule has 0 saturated heterocycles. The number of carbonyl (C=O) groups excluding carboxylic acids is 1. The molecule has 1 aromatic carbocycles. The normalized spacial score (nSPS) is 15.3. The highest BCUT2D eigenvalue weighted by Crippen LogP contribution is 2.24. The molecular weight excluding hydrogens is 264 g/mol. The molecule has 3 rings (SSSR count). The van der Waals surface area contributed by atoms with Crippen molar-refractivity contribution in [1.82, 2.24) is 10.5 Å². The SMILES string of the molecule is Cc1cc(C(=O)NC(C)c2ccc3c(c2)CCCC3)on1. The Kier molecular flexibility index (Phi) is 3.78. The van der Waals surface area contributed by atoms with Crippen LogP contribution >= 0.6 is 0 Å². The highest BCUT2D eigenvalue weighted by Gasteiger charge is 2.17. The number of nitrogens with zero attached hydrogens (tertiary/aromatic N) is 1. The molecule has 1 heterocycles. The predicted octanol–water partition coefficient (Wildman–Crippen LogP) is 3.35. The maximum atomic E-state index is 12.1. The maximum Gasteiger partial charge on any atom is 0.290 e. The minimum Gasteiger partial charge on any atom is -0.351 e. The largest absolute Gasteiger partial charge is 0.351 e. The van der Waals surface area contributed by atoms with Crippen LogP contribution in [0.2, 0.25) is 0 Å². The number of hydrogen-bond acceptors (Lipinski definition) is 3. The average Bonchev–Trinajstić information content (AvgIpc) is 2.93. The Morgan fingerprint density at radius 1 is 1.24 bits per heavy atom. The predicted molar refractivity (Wildman–Crippen MR) is 80.2 cm³/mol. The molecule has 1 aliphatic rings. The molecule has 1 aliphatic carbocycles. The monoisotopic (exact) mass is 284 g/mol. The molecule has 1 unspecified atom stereocenters. The second kappa shape index (κ2) is 5.72. The molecule has 0 spiro atoms. The van der Waals surface area contributed by atoms with Gasteiger partial charge >= 0.3 is 0 Å². The van der Waals surface area contributed by atoms with Crippen LogP contribution in [-0.4, -0.2) is 11.1 Å². The smallest absolute Gasteiger partial charge is 0.290 e. The van der Waals surface area contributed by atoms with E-state index in [2.05, 4.69) is 28.7 Å². The van der Waals surface area contributed by atoms with Crippen LogP contribution in [0.5, 0.6) is 0 Å². The third-order valence-corrected chi connectivity index (χ3v) is 4.07. The summed E-state index contributed by atoms with van der Waals surface area (Å²) < 4.78 is 4.99. The van der Waals surface area contributed by atoms with Crippen molar-refractivity contribution in [3.05, 3.63) is 52.4 Å². The molecule has 0 radical (unpaired) electrons. The number of hydrogen-bond donors (Lipinski definition) is 1. The molecule has 4 heteroatoms. The first-order valence-corrected chi connectivity index (χ1v) is 7.49. The molecule has 4 nitrogen and oxygen atoms in total. The summed E-state index contributed by atoms with van der Waals surface area (Å²) in [6, 6.07) is 8.14. The van der Waals surface area contributed by atoms with E-state index < -0.39 is 0 Å². The first kappa shape index (κ1) is 13.9. The fourth-order valence-corrected chi connectivity index (χ4v) is 2.84. The van der Waals surface area contributed by atoms with Crippen molar-refractivity contribution in [2.75, 3.05) is 0 Å². The third kappa shape index (κ3) is 2.99. The van der Waals surface area contributed by atoms with Gasteiger partial charge in [-0.25, -0.2) is 0 Å². The van der Waals surface area contributed by atoms with Crippen molar-refractivity contribution in [2.24, 2.45) is 0 Å². The van der Waals surface area contributed by atoms with Crippen LogP contribution in [0.15, 0.2) is 28.8 Å². The Morgan fingerprint density at radius 2 is 2.00 bits per heavy atom. The second-order valence-electron chi connectivity index (χ2n) is 5.76. The third-order valence-electron chi connectivity index (χ3n) is 4.07. The van der Waals surface area contributed by atoms with E-state index in [0.29, 0.717) is 5.69 Å².